The predicted octanol–water partition coefficient (Wildman–Crippen LogP) is 0.295. The number of likely N-dealkylation sites (N-methyl/N-ethyl adjacent to an activating group) is 1. The van der Waals surface area contributed by atoms with Crippen LogP contribution in [-0.2, 0) is 24.7 Å². The monoisotopic (exact) mass is 350 g/mol. The zero-order valence-corrected chi connectivity index (χ0v) is 15.0. The van der Waals surface area contributed by atoms with Crippen LogP contribution in [0.3, 0.4) is 0 Å². The summed E-state index contributed by atoms with van der Waals surface area (Å²) in [5.74, 6) is -1.58. The van der Waals surface area contributed by atoms with Gasteiger partial charge in [-0.05, 0) is 18.4 Å². The highest BCUT2D eigenvalue weighted by molar-refractivity contribution is 5.84. The van der Waals surface area contributed by atoms with E-state index in [0.717, 1.165) is 30.6 Å². The minimum absolute atomic E-state index is 0.198. The molecular formula is C19H28NO5+. The standard InChI is InChI=1S/C19H27NO5/c1-20(2)12-13-24-17(21)14-25-18(22)19(23,16-10-6-7-11-16)15-8-4-3-5-9-15/h3-5,8-9,16,23H,6-7,10-14H2,1-2H3/p+1. The maximum absolute atomic E-state index is 12.7. The normalized spacial score (nSPS) is 17.3. The van der Waals surface area contributed by atoms with Crippen molar-refractivity contribution in [2.24, 2.45) is 5.92 Å². The molecule has 0 aromatic heterocycles. The van der Waals surface area contributed by atoms with Gasteiger partial charge < -0.3 is 19.5 Å². The molecule has 0 amide bonds. The van der Waals surface area contributed by atoms with Gasteiger partial charge in [0, 0.05) is 5.92 Å². The molecule has 6 heteroatoms. The van der Waals surface area contributed by atoms with Crippen LogP contribution in [0.15, 0.2) is 30.3 Å². The molecule has 0 heterocycles. The Bertz CT molecular complexity index is 568. The Morgan fingerprint density at radius 1 is 1.16 bits per heavy atom. The second kappa shape index (κ2) is 8.97. The molecule has 2 rings (SSSR count). The van der Waals surface area contributed by atoms with Gasteiger partial charge in [0.2, 0.25) is 0 Å². The Hall–Kier alpha value is -1.92. The lowest BCUT2D eigenvalue weighted by Crippen LogP contribution is -3.06. The lowest BCUT2D eigenvalue weighted by atomic mass is 9.80. The van der Waals surface area contributed by atoms with Crippen LogP contribution < -0.4 is 4.90 Å². The van der Waals surface area contributed by atoms with Gasteiger partial charge in [0.25, 0.3) is 0 Å². The van der Waals surface area contributed by atoms with E-state index in [-0.39, 0.29) is 12.5 Å². The van der Waals surface area contributed by atoms with Gasteiger partial charge in [-0.2, -0.15) is 0 Å². The van der Waals surface area contributed by atoms with Crippen LogP contribution in [0.4, 0.5) is 0 Å². The van der Waals surface area contributed by atoms with Crippen LogP contribution in [0, 0.1) is 5.92 Å². The second-order valence-corrected chi connectivity index (χ2v) is 6.87. The molecule has 1 fully saturated rings. The van der Waals surface area contributed by atoms with Crippen molar-refractivity contribution in [1.82, 2.24) is 0 Å². The SMILES string of the molecule is C[NH+](C)CCOC(=O)COC(=O)C(O)(c1ccccc1)C1CCCC1. The number of carbonyl (C=O) groups excluding carboxylic acids is 2. The molecule has 1 aromatic rings. The molecule has 0 bridgehead atoms. The fourth-order valence-electron chi connectivity index (χ4n) is 3.20. The number of quaternary nitrogens is 1. The van der Waals surface area contributed by atoms with Crippen molar-refractivity contribution in [1.29, 1.82) is 0 Å². The zero-order valence-electron chi connectivity index (χ0n) is 15.0. The molecule has 1 aromatic carbocycles. The topological polar surface area (TPSA) is 77.3 Å². The van der Waals surface area contributed by atoms with Crippen LogP contribution in [0.1, 0.15) is 31.2 Å². The highest BCUT2D eigenvalue weighted by Gasteiger charge is 2.47. The summed E-state index contributed by atoms with van der Waals surface area (Å²) in [6.07, 6.45) is 3.47. The number of ether oxygens (including phenoxy) is 2. The molecule has 0 saturated heterocycles. The fraction of sp³-hybridized carbons (Fsp3) is 0.579. The average molecular weight is 350 g/mol. The summed E-state index contributed by atoms with van der Waals surface area (Å²) >= 11 is 0. The zero-order chi connectivity index (χ0) is 18.3. The molecule has 25 heavy (non-hydrogen) atoms. The molecular weight excluding hydrogens is 322 g/mol. The number of benzene rings is 1. The lowest BCUT2D eigenvalue weighted by Gasteiger charge is -2.32. The first-order valence-electron chi connectivity index (χ1n) is 8.84. The number of carbonyl (C=O) groups is 2. The maximum atomic E-state index is 12.7. The summed E-state index contributed by atoms with van der Waals surface area (Å²) in [7, 11) is 3.91. The summed E-state index contributed by atoms with van der Waals surface area (Å²) < 4.78 is 10.2. The van der Waals surface area contributed by atoms with Gasteiger partial charge in [0.1, 0.15) is 13.2 Å². The smallest absolute Gasteiger partial charge is 0.344 e. The lowest BCUT2D eigenvalue weighted by molar-refractivity contribution is -0.858. The molecule has 0 aliphatic heterocycles. The number of aliphatic hydroxyl groups is 1. The van der Waals surface area contributed by atoms with Crippen molar-refractivity contribution in [3.8, 4) is 0 Å². The highest BCUT2D eigenvalue weighted by atomic mass is 16.6. The van der Waals surface area contributed by atoms with Gasteiger partial charge in [-0.25, -0.2) is 9.59 Å². The van der Waals surface area contributed by atoms with E-state index in [9.17, 15) is 14.7 Å². The van der Waals surface area contributed by atoms with Gasteiger partial charge in [-0.1, -0.05) is 43.2 Å². The molecule has 1 aliphatic rings. The van der Waals surface area contributed by atoms with Gasteiger partial charge >= 0.3 is 11.9 Å². The molecule has 1 aliphatic carbocycles. The minimum Gasteiger partial charge on any atom is -0.457 e. The van der Waals surface area contributed by atoms with Gasteiger partial charge in [-0.15, -0.1) is 0 Å². The Morgan fingerprint density at radius 2 is 1.80 bits per heavy atom. The Balaban J connectivity index is 2.00. The van der Waals surface area contributed by atoms with Crippen LogP contribution in [0.5, 0.6) is 0 Å². The number of nitrogens with one attached hydrogen (secondary N) is 1. The second-order valence-electron chi connectivity index (χ2n) is 6.87. The third-order valence-corrected chi connectivity index (χ3v) is 4.66. The van der Waals surface area contributed by atoms with E-state index in [1.165, 1.54) is 0 Å². The Morgan fingerprint density at radius 3 is 2.40 bits per heavy atom. The van der Waals surface area contributed by atoms with E-state index in [0.29, 0.717) is 12.1 Å². The first kappa shape index (κ1) is 19.4. The van der Waals surface area contributed by atoms with Crippen LogP contribution in [0.2, 0.25) is 0 Å². The molecule has 6 nitrogen and oxygen atoms in total. The predicted molar refractivity (Wildman–Crippen MR) is 91.9 cm³/mol. The quantitative estimate of drug-likeness (QED) is 0.659. The van der Waals surface area contributed by atoms with Crippen molar-refractivity contribution in [2.45, 2.75) is 31.3 Å². The van der Waals surface area contributed by atoms with Crippen LogP contribution >= 0.6 is 0 Å². The number of hydrogen-bond acceptors (Lipinski definition) is 5. The summed E-state index contributed by atoms with van der Waals surface area (Å²) in [5, 5.41) is 11.2. The molecule has 138 valence electrons. The fourth-order valence-corrected chi connectivity index (χ4v) is 3.20. The summed E-state index contributed by atoms with van der Waals surface area (Å²) in [5.41, 5.74) is -1.21. The molecule has 0 radical (unpaired) electrons. The van der Waals surface area contributed by atoms with E-state index in [4.69, 9.17) is 9.47 Å². The van der Waals surface area contributed by atoms with E-state index < -0.39 is 24.1 Å². The number of hydrogen-bond donors (Lipinski definition) is 2. The molecule has 1 saturated carbocycles. The third kappa shape index (κ3) is 5.03. The number of rotatable bonds is 8. The first-order valence-corrected chi connectivity index (χ1v) is 8.84. The van der Waals surface area contributed by atoms with Gasteiger partial charge in [-0.3, -0.25) is 0 Å². The number of esters is 2. The van der Waals surface area contributed by atoms with Gasteiger partial charge in [0.05, 0.1) is 14.1 Å². The van der Waals surface area contributed by atoms with Crippen molar-refractivity contribution in [3.05, 3.63) is 35.9 Å². The Labute approximate surface area is 148 Å². The van der Waals surface area contributed by atoms with Gasteiger partial charge in [0.15, 0.2) is 12.2 Å². The summed E-state index contributed by atoms with van der Waals surface area (Å²) in [6.45, 7) is 0.462. The first-order chi connectivity index (χ1) is 11.9. The molecule has 1 atom stereocenters. The third-order valence-electron chi connectivity index (χ3n) is 4.66. The molecule has 0 spiro atoms. The highest BCUT2D eigenvalue weighted by Crippen LogP contribution is 2.41. The van der Waals surface area contributed by atoms with E-state index >= 15 is 0 Å². The van der Waals surface area contributed by atoms with E-state index in [1.807, 2.05) is 20.2 Å². The summed E-state index contributed by atoms with van der Waals surface area (Å²) in [6, 6.07) is 8.82. The largest absolute Gasteiger partial charge is 0.457 e. The van der Waals surface area contributed by atoms with Crippen molar-refractivity contribution >= 4 is 11.9 Å². The van der Waals surface area contributed by atoms with Crippen LogP contribution in [-0.4, -0.2) is 50.9 Å². The van der Waals surface area contributed by atoms with E-state index in [2.05, 4.69) is 0 Å². The van der Waals surface area contributed by atoms with Crippen molar-refractivity contribution < 1.29 is 29.1 Å². The van der Waals surface area contributed by atoms with Crippen molar-refractivity contribution in [2.75, 3.05) is 33.9 Å². The Kier molecular flexibility index (Phi) is 6.96. The van der Waals surface area contributed by atoms with E-state index in [1.54, 1.807) is 24.3 Å². The summed E-state index contributed by atoms with van der Waals surface area (Å²) in [4.78, 5) is 25.5. The molecule has 1 unspecified atom stereocenters. The molecule has 2 N–H and O–H groups in total. The maximum Gasteiger partial charge on any atom is 0.344 e. The average Bonchev–Trinajstić information content (AvgIpc) is 3.14. The van der Waals surface area contributed by atoms with Crippen LogP contribution in [0.25, 0.3) is 0 Å². The van der Waals surface area contributed by atoms with Crippen molar-refractivity contribution in [3.63, 3.8) is 0 Å². The minimum atomic E-state index is -1.72.